The van der Waals surface area contributed by atoms with Crippen LogP contribution < -0.4 is 0 Å². The summed E-state index contributed by atoms with van der Waals surface area (Å²) in [5.74, 6) is -2.06. The van der Waals surface area contributed by atoms with E-state index in [1.54, 1.807) is 29.6 Å². The van der Waals surface area contributed by atoms with Crippen molar-refractivity contribution in [2.45, 2.75) is 37.8 Å². The second-order valence-electron chi connectivity index (χ2n) is 8.41. The van der Waals surface area contributed by atoms with E-state index in [0.717, 1.165) is 11.2 Å². The molecule has 4 aromatic rings. The number of oxazole rings is 1. The predicted octanol–water partition coefficient (Wildman–Crippen LogP) is 3.56. The third-order valence-electron chi connectivity index (χ3n) is 5.99. The number of H-pyrrole nitrogens is 1. The Bertz CT molecular complexity index is 1290. The van der Waals surface area contributed by atoms with Gasteiger partial charge in [-0.2, -0.15) is 5.10 Å². The van der Waals surface area contributed by atoms with E-state index in [-0.39, 0.29) is 17.3 Å². The maximum Gasteiger partial charge on any atom is 0.292 e. The number of nitrogens with zero attached hydrogens (tertiary/aromatic N) is 5. The van der Waals surface area contributed by atoms with Gasteiger partial charge in [-0.25, -0.2) is 18.9 Å². The highest BCUT2D eigenvalue weighted by Gasteiger charge is 2.40. The number of carbonyl (C=O) groups is 1. The standard InChI is InChI=1S/C22H24FN6O3P/c1-22(2,31-3)21-26-16(19(23)33)18(32-21)20(30)28-9-7-13-15(25-11-24-13)17(28)14-10-12-6-4-5-8-29(12)27-14/h4-6,8,10-11,17,19H,7,9,33H2,1-3H3,(H,24,25)/t17-,19?/m0/s1. The molecule has 5 rings (SSSR count). The Balaban J connectivity index is 1.61. The zero-order valence-corrected chi connectivity index (χ0v) is 19.6. The van der Waals surface area contributed by atoms with E-state index in [9.17, 15) is 9.18 Å². The minimum absolute atomic E-state index is 0.0771. The summed E-state index contributed by atoms with van der Waals surface area (Å²) >= 11 is 0. The van der Waals surface area contributed by atoms with Gasteiger partial charge in [0.15, 0.2) is 5.91 Å². The molecule has 11 heteroatoms. The molecule has 0 saturated heterocycles. The average Bonchev–Trinajstić information content (AvgIpc) is 3.55. The number of hydrogen-bond acceptors (Lipinski definition) is 6. The summed E-state index contributed by atoms with van der Waals surface area (Å²) in [4.78, 5) is 27.3. The molecule has 1 aliphatic heterocycles. The topological polar surface area (TPSA) is 102 Å². The SMILES string of the molecule is COC(C)(C)c1nc(C(F)P)c(C(=O)N2CCc3[nH]cnc3[C@@H]2c2cc3ccccn3n2)o1. The summed E-state index contributed by atoms with van der Waals surface area (Å²) in [7, 11) is 3.53. The van der Waals surface area contributed by atoms with E-state index < -0.39 is 23.5 Å². The van der Waals surface area contributed by atoms with Crippen LogP contribution in [-0.2, 0) is 16.8 Å². The molecule has 0 saturated carbocycles. The molecule has 0 bridgehead atoms. The quantitative estimate of drug-likeness (QED) is 0.448. The third-order valence-corrected chi connectivity index (χ3v) is 6.30. The van der Waals surface area contributed by atoms with Crippen LogP contribution in [-0.4, -0.2) is 49.0 Å². The van der Waals surface area contributed by atoms with Gasteiger partial charge in [-0.3, -0.25) is 4.79 Å². The van der Waals surface area contributed by atoms with E-state index in [1.807, 2.05) is 39.7 Å². The van der Waals surface area contributed by atoms with Crippen molar-refractivity contribution in [2.24, 2.45) is 0 Å². The normalized spacial score (nSPS) is 17.4. The van der Waals surface area contributed by atoms with Gasteiger partial charge in [-0.15, -0.1) is 0 Å². The highest BCUT2D eigenvalue weighted by atomic mass is 31.0. The first-order chi connectivity index (χ1) is 15.8. The molecule has 9 nitrogen and oxygen atoms in total. The second kappa shape index (κ2) is 8.04. The third kappa shape index (κ3) is 3.63. The number of imidazole rings is 1. The number of rotatable bonds is 5. The molecule has 1 N–H and O–H groups in total. The molecule has 1 aliphatic rings. The largest absolute Gasteiger partial charge is 0.432 e. The van der Waals surface area contributed by atoms with Gasteiger partial charge in [0.05, 0.1) is 23.2 Å². The highest BCUT2D eigenvalue weighted by molar-refractivity contribution is 7.16. The number of methoxy groups -OCH3 is 1. The molecular formula is C22H24FN6O3P. The van der Waals surface area contributed by atoms with Crippen LogP contribution in [0.25, 0.3) is 5.52 Å². The van der Waals surface area contributed by atoms with Gasteiger partial charge in [0.2, 0.25) is 11.7 Å². The van der Waals surface area contributed by atoms with Gasteiger partial charge in [0.1, 0.15) is 17.3 Å². The Kier molecular flexibility index (Phi) is 5.29. The van der Waals surface area contributed by atoms with E-state index >= 15 is 0 Å². The number of aromatic amines is 1. The molecule has 0 fully saturated rings. The molecule has 0 aromatic carbocycles. The number of amides is 1. The van der Waals surface area contributed by atoms with Crippen LogP contribution in [0.15, 0.2) is 41.2 Å². The molecule has 172 valence electrons. The lowest BCUT2D eigenvalue weighted by molar-refractivity contribution is -0.00469. The van der Waals surface area contributed by atoms with Gasteiger partial charge in [-0.1, -0.05) is 15.3 Å². The minimum atomic E-state index is -1.58. The Labute approximate surface area is 191 Å². The van der Waals surface area contributed by atoms with Gasteiger partial charge >= 0.3 is 0 Å². The number of halogens is 1. The predicted molar refractivity (Wildman–Crippen MR) is 120 cm³/mol. The number of pyridine rings is 1. The monoisotopic (exact) mass is 470 g/mol. The molecule has 3 atom stereocenters. The Hall–Kier alpha value is -3.10. The van der Waals surface area contributed by atoms with Gasteiger partial charge in [0, 0.05) is 32.0 Å². The van der Waals surface area contributed by atoms with E-state index in [4.69, 9.17) is 9.15 Å². The van der Waals surface area contributed by atoms with Crippen molar-refractivity contribution in [1.29, 1.82) is 0 Å². The Morgan fingerprint density at radius 2 is 2.24 bits per heavy atom. The van der Waals surface area contributed by atoms with Crippen molar-refractivity contribution in [1.82, 2.24) is 29.5 Å². The lowest BCUT2D eigenvalue weighted by atomic mass is 9.99. The molecule has 4 aromatic heterocycles. The fourth-order valence-electron chi connectivity index (χ4n) is 4.03. The number of nitrogens with one attached hydrogen (secondary N) is 1. The minimum Gasteiger partial charge on any atom is -0.432 e. The molecular weight excluding hydrogens is 446 g/mol. The highest BCUT2D eigenvalue weighted by Crippen LogP contribution is 2.37. The summed E-state index contributed by atoms with van der Waals surface area (Å²) in [5.41, 5.74) is 2.19. The molecule has 33 heavy (non-hydrogen) atoms. The number of alkyl halides is 1. The smallest absolute Gasteiger partial charge is 0.292 e. The van der Waals surface area contributed by atoms with E-state index in [2.05, 4.69) is 20.1 Å². The zero-order chi connectivity index (χ0) is 23.3. The number of hydrogen-bond donors (Lipinski definition) is 1. The first-order valence-electron chi connectivity index (χ1n) is 10.5. The lowest BCUT2D eigenvalue weighted by Crippen LogP contribution is -2.41. The zero-order valence-electron chi connectivity index (χ0n) is 18.4. The van der Waals surface area contributed by atoms with Gasteiger partial charge in [0.25, 0.3) is 5.91 Å². The summed E-state index contributed by atoms with van der Waals surface area (Å²) in [6.45, 7) is 3.86. The second-order valence-corrected chi connectivity index (χ2v) is 8.99. The fraction of sp³-hybridized carbons (Fsp3) is 0.364. The summed E-state index contributed by atoms with van der Waals surface area (Å²) < 4.78 is 27.5. The summed E-state index contributed by atoms with van der Waals surface area (Å²) in [5, 5.41) is 4.68. The van der Waals surface area contributed by atoms with Crippen LogP contribution in [0.1, 0.15) is 65.0 Å². The van der Waals surface area contributed by atoms with Crippen LogP contribution >= 0.6 is 9.24 Å². The van der Waals surface area contributed by atoms with Crippen LogP contribution in [0.3, 0.4) is 0 Å². The summed E-state index contributed by atoms with van der Waals surface area (Å²) in [6, 6.07) is 7.10. The van der Waals surface area contributed by atoms with Crippen molar-refractivity contribution < 1.29 is 18.3 Å². The first kappa shape index (κ1) is 21.7. The van der Waals surface area contributed by atoms with Crippen molar-refractivity contribution >= 4 is 20.7 Å². The Morgan fingerprint density at radius 1 is 1.42 bits per heavy atom. The van der Waals surface area contributed by atoms with Crippen molar-refractivity contribution in [3.05, 3.63) is 71.2 Å². The summed E-state index contributed by atoms with van der Waals surface area (Å²) in [6.07, 6.45) is 4.03. The molecule has 0 radical (unpaired) electrons. The number of fused-ring (bicyclic) bond motifs is 2. The molecule has 2 unspecified atom stereocenters. The maximum absolute atomic E-state index is 14.5. The molecule has 0 aliphatic carbocycles. The van der Waals surface area contributed by atoms with Crippen LogP contribution in [0.5, 0.6) is 0 Å². The molecule has 5 heterocycles. The average molecular weight is 470 g/mol. The first-order valence-corrected chi connectivity index (χ1v) is 11.2. The lowest BCUT2D eigenvalue weighted by Gasteiger charge is -2.33. The van der Waals surface area contributed by atoms with Crippen LogP contribution in [0, 0.1) is 0 Å². The number of ether oxygens (including phenoxy) is 1. The van der Waals surface area contributed by atoms with Crippen LogP contribution in [0.4, 0.5) is 4.39 Å². The van der Waals surface area contributed by atoms with Gasteiger partial charge in [-0.05, 0) is 32.0 Å². The fourth-order valence-corrected chi connectivity index (χ4v) is 4.26. The number of carbonyl (C=O) groups excluding carboxylic acids is 1. The molecule has 1 amide bonds. The van der Waals surface area contributed by atoms with Crippen LogP contribution in [0.2, 0.25) is 0 Å². The number of aromatic nitrogens is 5. The van der Waals surface area contributed by atoms with Crippen molar-refractivity contribution in [3.63, 3.8) is 0 Å². The van der Waals surface area contributed by atoms with E-state index in [1.165, 1.54) is 7.11 Å². The van der Waals surface area contributed by atoms with E-state index in [0.29, 0.717) is 24.4 Å². The van der Waals surface area contributed by atoms with Crippen molar-refractivity contribution in [2.75, 3.05) is 13.7 Å². The Morgan fingerprint density at radius 3 is 2.97 bits per heavy atom. The van der Waals surface area contributed by atoms with Crippen molar-refractivity contribution in [3.8, 4) is 0 Å². The molecule has 0 spiro atoms. The maximum atomic E-state index is 14.5. The van der Waals surface area contributed by atoms with Gasteiger partial charge < -0.3 is 19.0 Å².